The second-order valence-electron chi connectivity index (χ2n) is 5.71. The van der Waals surface area contributed by atoms with Gasteiger partial charge in [-0.3, -0.25) is 5.10 Å². The lowest BCUT2D eigenvalue weighted by Gasteiger charge is -2.36. The van der Waals surface area contributed by atoms with Gasteiger partial charge in [0.05, 0.1) is 5.56 Å². The fourth-order valence-electron chi connectivity index (χ4n) is 2.77. The summed E-state index contributed by atoms with van der Waals surface area (Å²) in [6.07, 6.45) is 2.04. The minimum Gasteiger partial charge on any atom is -0.335 e. The molecule has 1 aliphatic rings. The number of hydrogen-bond donors (Lipinski definition) is 2. The van der Waals surface area contributed by atoms with E-state index in [0.29, 0.717) is 17.3 Å². The first-order valence-electron chi connectivity index (χ1n) is 7.27. The van der Waals surface area contributed by atoms with Crippen molar-refractivity contribution in [2.45, 2.75) is 38.8 Å². The fraction of sp³-hybridized carbons (Fsp3) is 0.467. The van der Waals surface area contributed by atoms with E-state index in [1.807, 2.05) is 13.0 Å². The van der Waals surface area contributed by atoms with E-state index in [0.717, 1.165) is 24.9 Å². The zero-order valence-corrected chi connectivity index (χ0v) is 12.3. The minimum atomic E-state index is -0.291. The van der Waals surface area contributed by atoms with Crippen LogP contribution in [0.5, 0.6) is 0 Å². The lowest BCUT2D eigenvalue weighted by atomic mass is 9.99. The lowest BCUT2D eigenvalue weighted by Crippen LogP contribution is -2.50. The third-order valence-corrected chi connectivity index (χ3v) is 4.16. The van der Waals surface area contributed by atoms with Crippen LogP contribution in [0.4, 0.5) is 10.3 Å². The average Bonchev–Trinajstić information content (AvgIpc) is 2.91. The Hall–Kier alpha value is -1.95. The summed E-state index contributed by atoms with van der Waals surface area (Å²) < 4.78 is 14.0. The van der Waals surface area contributed by atoms with Gasteiger partial charge in [-0.25, -0.2) is 4.39 Å². The van der Waals surface area contributed by atoms with E-state index < -0.39 is 0 Å². The molecule has 0 radical (unpaired) electrons. The van der Waals surface area contributed by atoms with E-state index >= 15 is 0 Å². The van der Waals surface area contributed by atoms with E-state index in [2.05, 4.69) is 27.0 Å². The van der Waals surface area contributed by atoms with Crippen LogP contribution in [-0.2, 0) is 0 Å². The Kier molecular flexibility index (Phi) is 3.63. The standard InChI is InChI=1S/C15H20FN5/c1-9-5-6-11(12(16)8-9)14-18-15(20-19-14)21-7-3-4-13(17)10(21)2/h5-6,8,10,13H,3-4,7,17H2,1-2H3,(H,18,19,20). The van der Waals surface area contributed by atoms with Crippen molar-refractivity contribution in [3.8, 4) is 11.4 Å². The van der Waals surface area contributed by atoms with E-state index in [1.54, 1.807) is 6.07 Å². The van der Waals surface area contributed by atoms with Crippen LogP contribution in [0.3, 0.4) is 0 Å². The number of anilines is 1. The second kappa shape index (κ2) is 5.44. The van der Waals surface area contributed by atoms with Gasteiger partial charge < -0.3 is 10.6 Å². The molecular weight excluding hydrogens is 269 g/mol. The summed E-state index contributed by atoms with van der Waals surface area (Å²) in [5.74, 6) is 0.752. The molecule has 0 spiro atoms. The van der Waals surface area contributed by atoms with Gasteiger partial charge in [-0.2, -0.15) is 4.98 Å². The third kappa shape index (κ3) is 2.63. The largest absolute Gasteiger partial charge is 0.335 e. The number of nitrogens with two attached hydrogens (primary N) is 1. The summed E-state index contributed by atoms with van der Waals surface area (Å²) in [6, 6.07) is 5.39. The zero-order valence-electron chi connectivity index (χ0n) is 12.3. The number of H-pyrrole nitrogens is 1. The Bertz CT molecular complexity index is 639. The number of rotatable bonds is 2. The molecule has 6 heteroatoms. The van der Waals surface area contributed by atoms with Gasteiger partial charge in [0.15, 0.2) is 5.82 Å². The Morgan fingerprint density at radius 2 is 2.24 bits per heavy atom. The molecular formula is C15H20FN5. The fourth-order valence-corrected chi connectivity index (χ4v) is 2.77. The van der Waals surface area contributed by atoms with Crippen molar-refractivity contribution in [3.05, 3.63) is 29.6 Å². The minimum absolute atomic E-state index is 0.122. The van der Waals surface area contributed by atoms with Crippen molar-refractivity contribution < 1.29 is 4.39 Å². The number of benzene rings is 1. The maximum atomic E-state index is 14.0. The smallest absolute Gasteiger partial charge is 0.245 e. The number of nitrogens with zero attached hydrogens (tertiary/aromatic N) is 3. The Morgan fingerprint density at radius 3 is 3.00 bits per heavy atom. The van der Waals surface area contributed by atoms with Crippen molar-refractivity contribution in [1.82, 2.24) is 15.2 Å². The molecule has 1 saturated heterocycles. The molecule has 1 aromatic heterocycles. The molecule has 2 aromatic rings. The van der Waals surface area contributed by atoms with Crippen LogP contribution in [0, 0.1) is 12.7 Å². The van der Waals surface area contributed by atoms with Gasteiger partial charge in [-0.1, -0.05) is 6.07 Å². The molecule has 3 rings (SSSR count). The highest BCUT2D eigenvalue weighted by molar-refractivity contribution is 5.58. The Labute approximate surface area is 123 Å². The van der Waals surface area contributed by atoms with E-state index in [1.165, 1.54) is 6.07 Å². The number of nitrogens with one attached hydrogen (secondary N) is 1. The van der Waals surface area contributed by atoms with Crippen LogP contribution < -0.4 is 10.6 Å². The van der Waals surface area contributed by atoms with Gasteiger partial charge in [0.2, 0.25) is 5.95 Å². The average molecular weight is 289 g/mol. The van der Waals surface area contributed by atoms with E-state index in [4.69, 9.17) is 5.73 Å². The van der Waals surface area contributed by atoms with Crippen LogP contribution >= 0.6 is 0 Å². The first-order valence-corrected chi connectivity index (χ1v) is 7.27. The van der Waals surface area contributed by atoms with E-state index in [9.17, 15) is 4.39 Å². The van der Waals surface area contributed by atoms with Gasteiger partial charge in [0, 0.05) is 18.6 Å². The van der Waals surface area contributed by atoms with Gasteiger partial charge in [0.1, 0.15) is 5.82 Å². The molecule has 1 aliphatic heterocycles. The van der Waals surface area contributed by atoms with Crippen LogP contribution in [-0.4, -0.2) is 33.8 Å². The highest BCUT2D eigenvalue weighted by Gasteiger charge is 2.28. The number of piperidine rings is 1. The molecule has 0 amide bonds. The molecule has 1 aromatic carbocycles. The van der Waals surface area contributed by atoms with E-state index in [-0.39, 0.29) is 17.9 Å². The quantitative estimate of drug-likeness (QED) is 0.889. The summed E-state index contributed by atoms with van der Waals surface area (Å²) in [6.45, 7) is 4.81. The Balaban J connectivity index is 1.89. The Morgan fingerprint density at radius 1 is 1.43 bits per heavy atom. The predicted molar refractivity (Wildman–Crippen MR) is 80.5 cm³/mol. The molecule has 0 aliphatic carbocycles. The van der Waals surface area contributed by atoms with Crippen LogP contribution in [0.2, 0.25) is 0 Å². The van der Waals surface area contributed by atoms with Crippen molar-refractivity contribution in [3.63, 3.8) is 0 Å². The summed E-state index contributed by atoms with van der Waals surface area (Å²) in [7, 11) is 0. The number of halogens is 1. The molecule has 2 unspecified atom stereocenters. The van der Waals surface area contributed by atoms with Crippen LogP contribution in [0.25, 0.3) is 11.4 Å². The zero-order chi connectivity index (χ0) is 15.0. The molecule has 112 valence electrons. The molecule has 2 heterocycles. The third-order valence-electron chi connectivity index (χ3n) is 4.16. The van der Waals surface area contributed by atoms with Gasteiger partial charge in [-0.15, -0.1) is 5.10 Å². The van der Waals surface area contributed by atoms with Crippen molar-refractivity contribution in [2.24, 2.45) is 5.73 Å². The van der Waals surface area contributed by atoms with Gasteiger partial charge >= 0.3 is 0 Å². The second-order valence-corrected chi connectivity index (χ2v) is 5.71. The van der Waals surface area contributed by atoms with Gasteiger partial charge in [-0.05, 0) is 44.4 Å². The number of hydrogen-bond acceptors (Lipinski definition) is 4. The number of aromatic amines is 1. The lowest BCUT2D eigenvalue weighted by molar-refractivity contribution is 0.416. The number of aryl methyl sites for hydroxylation is 1. The maximum Gasteiger partial charge on any atom is 0.245 e. The first-order chi connectivity index (χ1) is 10.1. The van der Waals surface area contributed by atoms with Crippen molar-refractivity contribution >= 4 is 5.95 Å². The summed E-state index contributed by atoms with van der Waals surface area (Å²) >= 11 is 0. The normalized spacial score (nSPS) is 22.6. The molecule has 2 atom stereocenters. The highest BCUT2D eigenvalue weighted by Crippen LogP contribution is 2.25. The summed E-state index contributed by atoms with van der Waals surface area (Å²) in [4.78, 5) is 6.53. The summed E-state index contributed by atoms with van der Waals surface area (Å²) in [5.41, 5.74) is 7.42. The topological polar surface area (TPSA) is 70.8 Å². The first kappa shape index (κ1) is 14.0. The molecule has 21 heavy (non-hydrogen) atoms. The molecule has 1 fully saturated rings. The molecule has 0 bridgehead atoms. The molecule has 3 N–H and O–H groups in total. The monoisotopic (exact) mass is 289 g/mol. The SMILES string of the molecule is Cc1ccc(-c2nc(N3CCCC(N)C3C)n[nH]2)c(F)c1. The van der Waals surface area contributed by atoms with Crippen LogP contribution in [0.1, 0.15) is 25.3 Å². The van der Waals surface area contributed by atoms with Crippen molar-refractivity contribution in [2.75, 3.05) is 11.4 Å². The number of aromatic nitrogens is 3. The van der Waals surface area contributed by atoms with Gasteiger partial charge in [0.25, 0.3) is 0 Å². The predicted octanol–water partition coefficient (Wildman–Crippen LogP) is 2.24. The van der Waals surface area contributed by atoms with Crippen molar-refractivity contribution in [1.29, 1.82) is 0 Å². The van der Waals surface area contributed by atoms with Crippen LogP contribution in [0.15, 0.2) is 18.2 Å². The molecule has 0 saturated carbocycles. The maximum absolute atomic E-state index is 14.0. The summed E-state index contributed by atoms with van der Waals surface area (Å²) in [5, 5.41) is 7.06. The molecule has 5 nitrogen and oxygen atoms in total. The highest BCUT2D eigenvalue weighted by atomic mass is 19.1.